The minimum atomic E-state index is -1.50. The van der Waals surface area contributed by atoms with Crippen molar-refractivity contribution in [3.8, 4) is 0 Å². The van der Waals surface area contributed by atoms with Crippen LogP contribution in [0.5, 0.6) is 0 Å². The lowest BCUT2D eigenvalue weighted by Gasteiger charge is -2.19. The number of aryl methyl sites for hydroxylation is 1. The summed E-state index contributed by atoms with van der Waals surface area (Å²) in [5, 5.41) is 9.79. The summed E-state index contributed by atoms with van der Waals surface area (Å²) in [6, 6.07) is 20.2. The number of halogens is 2. The van der Waals surface area contributed by atoms with E-state index in [1.807, 2.05) is 70.1 Å². The monoisotopic (exact) mass is 593 g/mol. The summed E-state index contributed by atoms with van der Waals surface area (Å²) in [6.45, 7) is 8.89. The molecular weight excluding hydrogens is 553 g/mol. The van der Waals surface area contributed by atoms with Crippen LogP contribution in [0.25, 0.3) is 0 Å². The van der Waals surface area contributed by atoms with Gasteiger partial charge in [0.2, 0.25) is 5.91 Å². The van der Waals surface area contributed by atoms with Crippen molar-refractivity contribution < 1.29 is 14.1 Å². The van der Waals surface area contributed by atoms with Crippen molar-refractivity contribution in [1.82, 2.24) is 9.80 Å². The Morgan fingerprint density at radius 3 is 2.10 bits per heavy atom. The highest BCUT2D eigenvalue weighted by molar-refractivity contribution is 7.86. The van der Waals surface area contributed by atoms with Gasteiger partial charge < -0.3 is 19.6 Å². The molecule has 1 amide bonds. The molecule has 0 radical (unpaired) electrons. The molecule has 39 heavy (non-hydrogen) atoms. The molecule has 0 spiro atoms. The second kappa shape index (κ2) is 18.0. The average Bonchev–Trinajstić information content (AvgIpc) is 2.87. The molecule has 0 bridgehead atoms. The zero-order chi connectivity index (χ0) is 29.5. The van der Waals surface area contributed by atoms with E-state index in [0.29, 0.717) is 32.7 Å². The molecule has 3 aromatic carbocycles. The van der Waals surface area contributed by atoms with Crippen molar-refractivity contribution in [1.29, 1.82) is 0 Å². The molecule has 2 N–H and O–H groups in total. The van der Waals surface area contributed by atoms with Gasteiger partial charge in [-0.3, -0.25) is 4.79 Å². The maximum Gasteiger partial charge on any atom is 0.227 e. The van der Waals surface area contributed by atoms with E-state index >= 15 is 0 Å². The van der Waals surface area contributed by atoms with Gasteiger partial charge in [-0.2, -0.15) is 0 Å². The van der Waals surface area contributed by atoms with Gasteiger partial charge in [0.05, 0.1) is 23.1 Å². The number of hydrogen-bond donors (Lipinski definition) is 2. The largest absolute Gasteiger partial charge is 0.392 e. The summed E-state index contributed by atoms with van der Waals surface area (Å²) in [7, 11) is 4.14. The first kappa shape index (κ1) is 34.6. The van der Waals surface area contributed by atoms with Crippen LogP contribution in [0.15, 0.2) is 71.6 Å². The maximum absolute atomic E-state index is 12.9. The number of benzene rings is 3. The SMILES string of the molecule is CC.CC(O)CN(C)C.Cc1cc(Cl)ccc1S(=O)Nc1ccc(Cl)cc1CC(=O)N(C)Cc1ccccc1. The molecule has 0 saturated carbocycles. The van der Waals surface area contributed by atoms with Crippen LogP contribution in [0.3, 0.4) is 0 Å². The van der Waals surface area contributed by atoms with Crippen LogP contribution >= 0.6 is 23.2 Å². The van der Waals surface area contributed by atoms with E-state index in [0.717, 1.165) is 17.7 Å². The van der Waals surface area contributed by atoms with Crippen molar-refractivity contribution in [2.75, 3.05) is 32.4 Å². The van der Waals surface area contributed by atoms with E-state index in [4.69, 9.17) is 28.3 Å². The van der Waals surface area contributed by atoms with Gasteiger partial charge in [-0.1, -0.05) is 67.4 Å². The fraction of sp³-hybridized carbons (Fsp3) is 0.367. The minimum absolute atomic E-state index is 0.0578. The second-order valence-electron chi connectivity index (χ2n) is 9.11. The number of carbonyl (C=O) groups is 1. The first-order chi connectivity index (χ1) is 18.5. The zero-order valence-electron chi connectivity index (χ0n) is 23.9. The van der Waals surface area contributed by atoms with Gasteiger partial charge >= 0.3 is 0 Å². The Balaban J connectivity index is 0.000000735. The van der Waals surface area contributed by atoms with Crippen LogP contribution in [0.4, 0.5) is 5.69 Å². The van der Waals surface area contributed by atoms with Gasteiger partial charge in [0.15, 0.2) is 11.0 Å². The first-order valence-electron chi connectivity index (χ1n) is 12.8. The first-order valence-corrected chi connectivity index (χ1v) is 14.7. The van der Waals surface area contributed by atoms with Crippen LogP contribution in [0.2, 0.25) is 10.0 Å². The van der Waals surface area contributed by atoms with Crippen molar-refractivity contribution in [3.63, 3.8) is 0 Å². The van der Waals surface area contributed by atoms with E-state index in [9.17, 15) is 9.00 Å². The molecule has 2 atom stereocenters. The number of aliphatic hydroxyl groups excluding tert-OH is 1. The third-order valence-electron chi connectivity index (χ3n) is 5.27. The normalized spacial score (nSPS) is 11.9. The zero-order valence-corrected chi connectivity index (χ0v) is 26.2. The summed E-state index contributed by atoms with van der Waals surface area (Å²) >= 11 is 12.2. The Morgan fingerprint density at radius 2 is 1.56 bits per heavy atom. The summed E-state index contributed by atoms with van der Waals surface area (Å²) in [5.41, 5.74) is 3.17. The van der Waals surface area contributed by atoms with E-state index in [2.05, 4.69) is 4.72 Å². The Bertz CT molecular complexity index is 1190. The fourth-order valence-corrected chi connectivity index (χ4v) is 5.03. The smallest absolute Gasteiger partial charge is 0.227 e. The number of aliphatic hydroxyl groups is 1. The predicted molar refractivity (Wildman–Crippen MR) is 166 cm³/mol. The molecule has 0 aliphatic rings. The molecule has 0 aliphatic carbocycles. The van der Waals surface area contributed by atoms with Crippen LogP contribution in [0.1, 0.15) is 37.5 Å². The quantitative estimate of drug-likeness (QED) is 0.293. The molecule has 2 unspecified atom stereocenters. The van der Waals surface area contributed by atoms with Crippen molar-refractivity contribution >= 4 is 45.8 Å². The second-order valence-corrected chi connectivity index (χ2v) is 11.2. The molecule has 3 aromatic rings. The Morgan fingerprint density at radius 1 is 0.974 bits per heavy atom. The molecular formula is C30H41Cl2N3O3S. The van der Waals surface area contributed by atoms with Gasteiger partial charge in [-0.25, -0.2) is 4.21 Å². The molecule has 214 valence electrons. The van der Waals surface area contributed by atoms with Gasteiger partial charge in [0, 0.05) is 30.2 Å². The summed E-state index contributed by atoms with van der Waals surface area (Å²) in [4.78, 5) is 17.0. The van der Waals surface area contributed by atoms with Gasteiger partial charge in [0.25, 0.3) is 0 Å². The van der Waals surface area contributed by atoms with Crippen molar-refractivity contribution in [3.05, 3.63) is 93.5 Å². The Hall–Kier alpha value is -2.42. The summed E-state index contributed by atoms with van der Waals surface area (Å²) in [6.07, 6.45) is -0.0572. The number of likely N-dealkylation sites (N-methyl/N-ethyl adjacent to an activating group) is 2. The highest BCUT2D eigenvalue weighted by atomic mass is 35.5. The predicted octanol–water partition coefficient (Wildman–Crippen LogP) is 6.59. The van der Waals surface area contributed by atoms with Crippen LogP contribution < -0.4 is 4.72 Å². The third-order valence-corrected chi connectivity index (χ3v) is 7.00. The fourth-order valence-electron chi connectivity index (χ4n) is 3.56. The van der Waals surface area contributed by atoms with Crippen molar-refractivity contribution in [2.45, 2.75) is 51.7 Å². The number of nitrogens with one attached hydrogen (secondary N) is 1. The molecule has 0 aromatic heterocycles. The lowest BCUT2D eigenvalue weighted by Crippen LogP contribution is -2.28. The summed E-state index contributed by atoms with van der Waals surface area (Å²) in [5.74, 6) is -0.0578. The highest BCUT2D eigenvalue weighted by Crippen LogP contribution is 2.25. The molecule has 0 saturated heterocycles. The van der Waals surface area contributed by atoms with Gasteiger partial charge in [0.1, 0.15) is 0 Å². The van der Waals surface area contributed by atoms with Crippen LogP contribution in [-0.4, -0.2) is 58.8 Å². The van der Waals surface area contributed by atoms with E-state index in [-0.39, 0.29) is 18.4 Å². The lowest BCUT2D eigenvalue weighted by molar-refractivity contribution is -0.129. The number of amides is 1. The average molecular weight is 595 g/mol. The van der Waals surface area contributed by atoms with E-state index in [1.165, 1.54) is 0 Å². The maximum atomic E-state index is 12.9. The van der Waals surface area contributed by atoms with Crippen molar-refractivity contribution in [2.24, 2.45) is 0 Å². The summed E-state index contributed by atoms with van der Waals surface area (Å²) < 4.78 is 15.9. The van der Waals surface area contributed by atoms with Crippen LogP contribution in [0, 0.1) is 6.92 Å². The molecule has 6 nitrogen and oxygen atoms in total. The lowest BCUT2D eigenvalue weighted by atomic mass is 10.1. The van der Waals surface area contributed by atoms with Crippen LogP contribution in [-0.2, 0) is 28.7 Å². The van der Waals surface area contributed by atoms with Gasteiger partial charge in [-0.15, -0.1) is 0 Å². The third kappa shape index (κ3) is 13.0. The highest BCUT2D eigenvalue weighted by Gasteiger charge is 2.16. The molecule has 9 heteroatoms. The topological polar surface area (TPSA) is 72.9 Å². The molecule has 0 fully saturated rings. The van der Waals surface area contributed by atoms with E-state index < -0.39 is 11.0 Å². The number of nitrogens with zero attached hydrogens (tertiary/aromatic N) is 2. The molecule has 0 aliphatic heterocycles. The van der Waals surface area contributed by atoms with Gasteiger partial charge in [-0.05, 0) is 81.0 Å². The standard InChI is InChI=1S/C23H22Cl2N2O2S.C5H13NO.C2H6/c1-16-12-19(24)9-11-22(16)30(29)26-21-10-8-20(25)13-18(21)14-23(28)27(2)15-17-6-4-3-5-7-17;1-5(7)4-6(2)3;1-2/h3-13,26H,14-15H2,1-2H3;5,7H,4H2,1-3H3;1-2H3. The Kier molecular flexibility index (Phi) is 16.0. The number of carbonyl (C=O) groups excluding carboxylic acids is 1. The number of anilines is 1. The van der Waals surface area contributed by atoms with E-state index in [1.54, 1.807) is 55.3 Å². The number of hydrogen-bond acceptors (Lipinski definition) is 4. The number of rotatable bonds is 9. The minimum Gasteiger partial charge on any atom is -0.392 e. The Labute approximate surface area is 246 Å². The molecule has 0 heterocycles. The molecule has 3 rings (SSSR count).